The number of hydrogen-bond acceptors (Lipinski definition) is 6. The summed E-state index contributed by atoms with van der Waals surface area (Å²) in [5.41, 5.74) is -0.0993. The van der Waals surface area contributed by atoms with Gasteiger partial charge in [0.1, 0.15) is 6.54 Å². The maximum Gasteiger partial charge on any atom is 0.332 e. The molecular weight excluding hydrogens is 378 g/mol. The molecule has 0 fully saturated rings. The summed E-state index contributed by atoms with van der Waals surface area (Å²) >= 11 is 0. The lowest BCUT2D eigenvalue weighted by Gasteiger charge is -2.18. The number of esters is 1. The molecule has 1 aromatic carbocycles. The van der Waals surface area contributed by atoms with Gasteiger partial charge in [-0.05, 0) is 5.56 Å². The number of aromatic nitrogens is 4. The molecular formula is C19H21N5O5. The highest BCUT2D eigenvalue weighted by molar-refractivity contribution is 5.78. The van der Waals surface area contributed by atoms with Gasteiger partial charge in [-0.15, -0.1) is 0 Å². The van der Waals surface area contributed by atoms with Gasteiger partial charge in [0.05, 0.1) is 25.9 Å². The molecule has 0 saturated carbocycles. The van der Waals surface area contributed by atoms with Crippen LogP contribution in [0, 0.1) is 0 Å². The molecule has 1 unspecified atom stereocenters. The molecule has 0 aliphatic rings. The average molecular weight is 399 g/mol. The number of hydrogen-bond donors (Lipinski definition) is 1. The minimum Gasteiger partial charge on any atom is -0.469 e. The van der Waals surface area contributed by atoms with Gasteiger partial charge in [-0.1, -0.05) is 30.3 Å². The van der Waals surface area contributed by atoms with E-state index in [-0.39, 0.29) is 17.6 Å². The Morgan fingerprint density at radius 1 is 1.17 bits per heavy atom. The van der Waals surface area contributed by atoms with Gasteiger partial charge in [0.2, 0.25) is 5.91 Å². The lowest BCUT2D eigenvalue weighted by molar-refractivity contribution is -0.141. The van der Waals surface area contributed by atoms with Crippen molar-refractivity contribution in [1.29, 1.82) is 0 Å². The highest BCUT2D eigenvalue weighted by atomic mass is 16.5. The Morgan fingerprint density at radius 3 is 2.52 bits per heavy atom. The van der Waals surface area contributed by atoms with Crippen LogP contribution < -0.4 is 16.6 Å². The molecule has 10 heteroatoms. The molecule has 0 radical (unpaired) electrons. The Hall–Kier alpha value is -3.69. The molecule has 1 atom stereocenters. The van der Waals surface area contributed by atoms with Crippen LogP contribution >= 0.6 is 0 Å². The molecule has 0 spiro atoms. The zero-order valence-electron chi connectivity index (χ0n) is 16.3. The average Bonchev–Trinajstić information content (AvgIpc) is 3.11. The van der Waals surface area contributed by atoms with E-state index in [1.54, 1.807) is 31.3 Å². The number of amides is 1. The van der Waals surface area contributed by atoms with Crippen LogP contribution in [0.2, 0.25) is 0 Å². The number of rotatable bonds is 6. The monoisotopic (exact) mass is 399 g/mol. The van der Waals surface area contributed by atoms with E-state index < -0.39 is 35.7 Å². The van der Waals surface area contributed by atoms with E-state index in [2.05, 4.69) is 10.3 Å². The largest absolute Gasteiger partial charge is 0.469 e. The number of carbonyl (C=O) groups is 2. The van der Waals surface area contributed by atoms with Crippen molar-refractivity contribution >= 4 is 23.0 Å². The van der Waals surface area contributed by atoms with Crippen molar-refractivity contribution in [2.45, 2.75) is 19.0 Å². The summed E-state index contributed by atoms with van der Waals surface area (Å²) in [4.78, 5) is 53.7. The first-order valence-corrected chi connectivity index (χ1v) is 8.85. The summed E-state index contributed by atoms with van der Waals surface area (Å²) < 4.78 is 8.26. The minimum atomic E-state index is -0.656. The van der Waals surface area contributed by atoms with Gasteiger partial charge in [0, 0.05) is 14.1 Å². The smallest absolute Gasteiger partial charge is 0.332 e. The second-order valence-electron chi connectivity index (χ2n) is 6.57. The first-order valence-electron chi connectivity index (χ1n) is 8.85. The Labute approximate surface area is 165 Å². The molecule has 10 nitrogen and oxygen atoms in total. The number of imidazole rings is 1. The zero-order valence-corrected chi connectivity index (χ0v) is 16.3. The second-order valence-corrected chi connectivity index (χ2v) is 6.57. The van der Waals surface area contributed by atoms with Gasteiger partial charge in [0.15, 0.2) is 11.2 Å². The molecule has 0 bridgehead atoms. The highest BCUT2D eigenvalue weighted by Crippen LogP contribution is 2.17. The number of nitrogens with one attached hydrogen (secondary N) is 1. The van der Waals surface area contributed by atoms with E-state index in [0.717, 1.165) is 4.57 Å². The van der Waals surface area contributed by atoms with E-state index in [1.165, 1.54) is 29.6 Å². The normalized spacial score (nSPS) is 12.0. The minimum absolute atomic E-state index is 0.0834. The lowest BCUT2D eigenvalue weighted by Crippen LogP contribution is -2.44. The molecule has 3 aromatic rings. The quantitative estimate of drug-likeness (QED) is 0.577. The fraction of sp³-hybridized carbons (Fsp3) is 0.316. The van der Waals surface area contributed by atoms with Crippen molar-refractivity contribution in [1.82, 2.24) is 24.0 Å². The summed E-state index contributed by atoms with van der Waals surface area (Å²) in [6, 6.07) is 8.25. The van der Waals surface area contributed by atoms with Crippen molar-refractivity contribution in [3.05, 3.63) is 63.1 Å². The number of ether oxygens (including phenoxy) is 1. The lowest BCUT2D eigenvalue weighted by atomic mass is 10.0. The van der Waals surface area contributed by atoms with E-state index in [1.807, 2.05) is 6.07 Å². The number of benzene rings is 1. The summed E-state index contributed by atoms with van der Waals surface area (Å²) in [5.74, 6) is -1.08. The predicted octanol–water partition coefficient (Wildman–Crippen LogP) is -0.146. The molecule has 0 saturated heterocycles. The van der Waals surface area contributed by atoms with E-state index >= 15 is 0 Å². The third-order valence-electron chi connectivity index (χ3n) is 4.64. The fourth-order valence-electron chi connectivity index (χ4n) is 3.11. The molecule has 2 heterocycles. The fourth-order valence-corrected chi connectivity index (χ4v) is 3.11. The molecule has 152 valence electrons. The van der Waals surface area contributed by atoms with Gasteiger partial charge in [-0.25, -0.2) is 14.3 Å². The number of nitrogens with zero attached hydrogens (tertiary/aromatic N) is 4. The van der Waals surface area contributed by atoms with Crippen LogP contribution in [0.5, 0.6) is 0 Å². The van der Waals surface area contributed by atoms with Crippen LogP contribution in [0.25, 0.3) is 11.2 Å². The maximum absolute atomic E-state index is 12.7. The highest BCUT2D eigenvalue weighted by Gasteiger charge is 2.21. The van der Waals surface area contributed by atoms with Crippen molar-refractivity contribution < 1.29 is 14.3 Å². The third-order valence-corrected chi connectivity index (χ3v) is 4.64. The van der Waals surface area contributed by atoms with Gasteiger partial charge in [0.25, 0.3) is 5.56 Å². The van der Waals surface area contributed by atoms with E-state index in [9.17, 15) is 19.2 Å². The van der Waals surface area contributed by atoms with Crippen molar-refractivity contribution in [2.24, 2.45) is 14.1 Å². The van der Waals surface area contributed by atoms with Crippen molar-refractivity contribution in [3.63, 3.8) is 0 Å². The Bertz CT molecular complexity index is 1180. The van der Waals surface area contributed by atoms with E-state index in [4.69, 9.17) is 4.74 Å². The molecule has 0 aliphatic carbocycles. The topological polar surface area (TPSA) is 117 Å². The predicted molar refractivity (Wildman–Crippen MR) is 104 cm³/mol. The summed E-state index contributed by atoms with van der Waals surface area (Å²) in [7, 11) is 4.38. The van der Waals surface area contributed by atoms with Crippen LogP contribution in [-0.4, -0.2) is 37.7 Å². The standard InChI is InChI=1S/C19H21N5O5/c1-22-11-20-17-16(22)18(27)24(19(28)23(17)2)10-14(25)21-13(9-15(26)29-3)12-7-5-4-6-8-12/h4-8,11,13H,9-10H2,1-3H3,(H,21,25). The molecule has 3 rings (SSSR count). The maximum atomic E-state index is 12.7. The Kier molecular flexibility index (Phi) is 5.62. The summed E-state index contributed by atoms with van der Waals surface area (Å²) in [6.07, 6.45) is 1.34. The van der Waals surface area contributed by atoms with Crippen molar-refractivity contribution in [2.75, 3.05) is 7.11 Å². The van der Waals surface area contributed by atoms with Crippen LogP contribution in [0.15, 0.2) is 46.2 Å². The van der Waals surface area contributed by atoms with Gasteiger partial charge >= 0.3 is 11.7 Å². The second kappa shape index (κ2) is 8.13. The molecule has 1 N–H and O–H groups in total. The third kappa shape index (κ3) is 3.96. The van der Waals surface area contributed by atoms with Crippen LogP contribution in [-0.2, 0) is 35.0 Å². The van der Waals surface area contributed by atoms with Crippen LogP contribution in [0.3, 0.4) is 0 Å². The van der Waals surface area contributed by atoms with Gasteiger partial charge in [-0.3, -0.25) is 19.0 Å². The number of methoxy groups -OCH3 is 1. The Balaban J connectivity index is 1.91. The summed E-state index contributed by atoms with van der Waals surface area (Å²) in [6.45, 7) is -0.489. The first kappa shape index (κ1) is 20.1. The van der Waals surface area contributed by atoms with E-state index in [0.29, 0.717) is 5.56 Å². The van der Waals surface area contributed by atoms with Crippen LogP contribution in [0.1, 0.15) is 18.0 Å². The molecule has 0 aliphatic heterocycles. The number of carbonyl (C=O) groups excluding carboxylic acids is 2. The summed E-state index contributed by atoms with van der Waals surface area (Å²) in [5, 5.41) is 2.71. The first-order chi connectivity index (χ1) is 13.8. The SMILES string of the molecule is COC(=O)CC(NC(=O)Cn1c(=O)c2c(ncn2C)n(C)c1=O)c1ccccc1. The zero-order chi connectivity index (χ0) is 21.1. The van der Waals surface area contributed by atoms with Gasteiger partial charge in [-0.2, -0.15) is 0 Å². The van der Waals surface area contributed by atoms with Crippen LogP contribution in [0.4, 0.5) is 0 Å². The molecule has 29 heavy (non-hydrogen) atoms. The number of fused-ring (bicyclic) bond motifs is 1. The Morgan fingerprint density at radius 2 is 1.86 bits per heavy atom. The van der Waals surface area contributed by atoms with Gasteiger partial charge < -0.3 is 14.6 Å². The molecule has 1 amide bonds. The number of aryl methyl sites for hydroxylation is 2. The van der Waals surface area contributed by atoms with Crippen molar-refractivity contribution in [3.8, 4) is 0 Å². The molecule has 2 aromatic heterocycles.